The first-order valence-electron chi connectivity index (χ1n) is 11.5. The molecule has 10 nitrogen and oxygen atoms in total. The molecule has 0 fully saturated rings. The number of likely N-dealkylation sites (N-methyl/N-ethyl adjacent to an activating group) is 1. The van der Waals surface area contributed by atoms with Crippen molar-refractivity contribution in [3.8, 4) is 0 Å². The maximum atomic E-state index is 13.9. The van der Waals surface area contributed by atoms with Crippen LogP contribution in [-0.2, 0) is 27.4 Å². The molecule has 1 aromatic carbocycles. The summed E-state index contributed by atoms with van der Waals surface area (Å²) in [6.07, 6.45) is 2.37. The number of esters is 1. The normalized spacial score (nSPS) is 22.6. The standard InChI is InChI=1S/C23H33FN6O4/c1-16-11-25-17(2)14-34-22(31)9-6-10-30-12-18(27-28-30)15-33-21(16)13-29(3)23(32)26-20-8-5-4-7-19(20)24/h4-5,7-8,12,16-17,21,25H,6,9-11,13-15H2,1-3H3,(H,26,32)/t16-,17-,21-/m1/s1. The molecule has 11 heteroatoms. The maximum absolute atomic E-state index is 13.9. The predicted molar refractivity (Wildman–Crippen MR) is 123 cm³/mol. The number of halogens is 1. The van der Waals surface area contributed by atoms with Crippen molar-refractivity contribution in [3.63, 3.8) is 0 Å². The molecular formula is C23H33FN6O4. The third-order valence-electron chi connectivity index (χ3n) is 5.63. The highest BCUT2D eigenvalue weighted by Gasteiger charge is 2.24. The van der Waals surface area contributed by atoms with E-state index >= 15 is 0 Å². The summed E-state index contributed by atoms with van der Waals surface area (Å²) in [4.78, 5) is 26.1. The molecule has 186 valence electrons. The number of para-hydroxylation sites is 1. The van der Waals surface area contributed by atoms with E-state index in [9.17, 15) is 14.0 Å². The molecule has 0 spiro atoms. The van der Waals surface area contributed by atoms with Crippen LogP contribution in [-0.4, -0.2) is 70.8 Å². The minimum absolute atomic E-state index is 0.00446. The van der Waals surface area contributed by atoms with Crippen LogP contribution in [0.1, 0.15) is 32.4 Å². The fourth-order valence-corrected chi connectivity index (χ4v) is 3.48. The van der Waals surface area contributed by atoms with Crippen LogP contribution in [0.2, 0.25) is 0 Å². The third-order valence-corrected chi connectivity index (χ3v) is 5.63. The topological polar surface area (TPSA) is 111 Å². The molecule has 34 heavy (non-hydrogen) atoms. The highest BCUT2D eigenvalue weighted by atomic mass is 19.1. The molecule has 3 rings (SSSR count). The summed E-state index contributed by atoms with van der Waals surface area (Å²) < 4.78 is 27.1. The van der Waals surface area contributed by atoms with Gasteiger partial charge in [0, 0.05) is 39.1 Å². The average molecular weight is 477 g/mol. The zero-order valence-corrected chi connectivity index (χ0v) is 19.9. The van der Waals surface area contributed by atoms with Gasteiger partial charge in [0.15, 0.2) is 0 Å². The van der Waals surface area contributed by atoms with Gasteiger partial charge in [-0.2, -0.15) is 0 Å². The van der Waals surface area contributed by atoms with E-state index in [0.29, 0.717) is 31.6 Å². The molecule has 2 amide bonds. The van der Waals surface area contributed by atoms with Gasteiger partial charge < -0.3 is 25.0 Å². The summed E-state index contributed by atoms with van der Waals surface area (Å²) in [7, 11) is 1.64. The van der Waals surface area contributed by atoms with Crippen LogP contribution in [0, 0.1) is 11.7 Å². The number of urea groups is 1. The SMILES string of the molecule is C[C@@H]1COC(=O)CCCn2cc(nn2)CO[C@H](CN(C)C(=O)Nc2ccccc2F)[C@H](C)CN1. The van der Waals surface area contributed by atoms with Crippen LogP contribution in [0.25, 0.3) is 0 Å². The number of aromatic nitrogens is 3. The van der Waals surface area contributed by atoms with Crippen molar-refractivity contribution < 1.29 is 23.5 Å². The molecule has 2 bridgehead atoms. The van der Waals surface area contributed by atoms with Gasteiger partial charge in [-0.3, -0.25) is 9.48 Å². The molecule has 1 aliphatic heterocycles. The summed E-state index contributed by atoms with van der Waals surface area (Å²) >= 11 is 0. The number of fused-ring (bicyclic) bond motifs is 2. The second kappa shape index (κ2) is 12.4. The van der Waals surface area contributed by atoms with Crippen LogP contribution in [0.3, 0.4) is 0 Å². The summed E-state index contributed by atoms with van der Waals surface area (Å²) in [5.41, 5.74) is 0.777. The van der Waals surface area contributed by atoms with Crippen molar-refractivity contribution >= 4 is 17.7 Å². The number of rotatable bonds is 3. The third kappa shape index (κ3) is 7.77. The zero-order chi connectivity index (χ0) is 24.5. The van der Waals surface area contributed by atoms with Gasteiger partial charge in [0.1, 0.15) is 18.1 Å². The zero-order valence-electron chi connectivity index (χ0n) is 19.9. The number of amides is 2. The van der Waals surface area contributed by atoms with Crippen molar-refractivity contribution in [2.75, 3.05) is 32.1 Å². The first-order chi connectivity index (χ1) is 16.3. The van der Waals surface area contributed by atoms with Crippen LogP contribution >= 0.6 is 0 Å². The number of carbonyl (C=O) groups is 2. The van der Waals surface area contributed by atoms with Gasteiger partial charge in [0.2, 0.25) is 0 Å². The van der Waals surface area contributed by atoms with E-state index in [2.05, 4.69) is 20.9 Å². The molecule has 2 aromatic rings. The van der Waals surface area contributed by atoms with Crippen molar-refractivity contribution in [1.29, 1.82) is 0 Å². The summed E-state index contributed by atoms with van der Waals surface area (Å²) in [5.74, 6) is -0.733. The van der Waals surface area contributed by atoms with E-state index in [4.69, 9.17) is 9.47 Å². The van der Waals surface area contributed by atoms with E-state index in [1.165, 1.54) is 17.0 Å². The largest absolute Gasteiger partial charge is 0.464 e. The molecular weight excluding hydrogens is 443 g/mol. The monoisotopic (exact) mass is 476 g/mol. The van der Waals surface area contributed by atoms with Crippen LogP contribution in [0.5, 0.6) is 0 Å². The molecule has 0 saturated carbocycles. The number of nitrogens with one attached hydrogen (secondary N) is 2. The lowest BCUT2D eigenvalue weighted by molar-refractivity contribution is -0.144. The predicted octanol–water partition coefficient (Wildman–Crippen LogP) is 2.42. The van der Waals surface area contributed by atoms with Crippen molar-refractivity contribution in [2.45, 2.75) is 52.0 Å². The lowest BCUT2D eigenvalue weighted by atomic mass is 10.0. The molecule has 1 aromatic heterocycles. The lowest BCUT2D eigenvalue weighted by Gasteiger charge is -2.30. The number of ether oxygens (including phenoxy) is 2. The number of aryl methyl sites for hydroxylation is 1. The fourth-order valence-electron chi connectivity index (χ4n) is 3.48. The molecule has 2 N–H and O–H groups in total. The minimum Gasteiger partial charge on any atom is -0.464 e. The second-order valence-corrected chi connectivity index (χ2v) is 8.69. The van der Waals surface area contributed by atoms with Crippen LogP contribution in [0.4, 0.5) is 14.9 Å². The number of benzene rings is 1. The summed E-state index contributed by atoms with van der Waals surface area (Å²) in [6.45, 7) is 5.87. The highest BCUT2D eigenvalue weighted by Crippen LogP contribution is 2.15. The Morgan fingerprint density at radius 2 is 2.15 bits per heavy atom. The van der Waals surface area contributed by atoms with Crippen molar-refractivity contribution in [2.24, 2.45) is 5.92 Å². The molecule has 0 aliphatic carbocycles. The van der Waals surface area contributed by atoms with Gasteiger partial charge >= 0.3 is 12.0 Å². The minimum atomic E-state index is -0.499. The first kappa shape index (κ1) is 25.6. The van der Waals surface area contributed by atoms with Gasteiger partial charge in [0.05, 0.1) is 24.6 Å². The number of nitrogens with zero attached hydrogens (tertiary/aromatic N) is 4. The van der Waals surface area contributed by atoms with Crippen molar-refractivity contribution in [1.82, 2.24) is 25.2 Å². The highest BCUT2D eigenvalue weighted by molar-refractivity contribution is 5.89. The van der Waals surface area contributed by atoms with E-state index in [0.717, 1.165) is 0 Å². The fraction of sp³-hybridized carbons (Fsp3) is 0.565. The van der Waals surface area contributed by atoms with Gasteiger partial charge in [-0.25, -0.2) is 9.18 Å². The Balaban J connectivity index is 1.67. The van der Waals surface area contributed by atoms with E-state index in [-0.39, 0.29) is 49.5 Å². The Morgan fingerprint density at radius 1 is 1.35 bits per heavy atom. The summed E-state index contributed by atoms with van der Waals surface area (Å²) in [6, 6.07) is 5.55. The Morgan fingerprint density at radius 3 is 2.94 bits per heavy atom. The Bertz CT molecular complexity index is 955. The second-order valence-electron chi connectivity index (χ2n) is 8.69. The average Bonchev–Trinajstić information content (AvgIpc) is 3.27. The van der Waals surface area contributed by atoms with Gasteiger partial charge in [-0.05, 0) is 31.4 Å². The van der Waals surface area contributed by atoms with Gasteiger partial charge in [-0.15, -0.1) is 5.10 Å². The molecule has 0 radical (unpaired) electrons. The van der Waals surface area contributed by atoms with Gasteiger partial charge in [0.25, 0.3) is 0 Å². The van der Waals surface area contributed by atoms with Crippen molar-refractivity contribution in [3.05, 3.63) is 42.0 Å². The van der Waals surface area contributed by atoms with E-state index < -0.39 is 11.8 Å². The molecule has 1 aliphatic rings. The Hall–Kier alpha value is -3.05. The molecule has 2 heterocycles. The number of anilines is 1. The van der Waals surface area contributed by atoms with E-state index in [1.54, 1.807) is 30.1 Å². The van der Waals surface area contributed by atoms with Crippen LogP contribution in [0.15, 0.2) is 30.5 Å². The molecule has 3 atom stereocenters. The number of hydrogen-bond donors (Lipinski definition) is 2. The molecule has 0 saturated heterocycles. The lowest BCUT2D eigenvalue weighted by Crippen LogP contribution is -2.44. The number of hydrogen-bond acceptors (Lipinski definition) is 7. The maximum Gasteiger partial charge on any atom is 0.321 e. The first-order valence-corrected chi connectivity index (χ1v) is 11.5. The quantitative estimate of drug-likeness (QED) is 0.655. The number of carbonyl (C=O) groups excluding carboxylic acids is 2. The van der Waals surface area contributed by atoms with Gasteiger partial charge in [-0.1, -0.05) is 24.3 Å². The van der Waals surface area contributed by atoms with Crippen LogP contribution < -0.4 is 10.6 Å². The molecule has 0 unspecified atom stereocenters. The van der Waals surface area contributed by atoms with E-state index in [1.807, 2.05) is 13.8 Å². The number of cyclic esters (lactones) is 1. The summed E-state index contributed by atoms with van der Waals surface area (Å²) in [5, 5.41) is 14.2. The Kier molecular flexibility index (Phi) is 9.34. The Labute approximate surface area is 198 Å². The smallest absolute Gasteiger partial charge is 0.321 e.